The van der Waals surface area contributed by atoms with E-state index < -0.39 is 46.9 Å². The standard InChI is InChI=1S/C20H16F2N2O4S.C19H22ClN5O3S.C18H19N5O.C17H15N7.C17H19N5O3S/c1-12(25)7-17-8-14(5-6-23-17)15-9-19(13(2)24-11-15)28-29(26,27)20-4-3-16(21)10-18(20)22;1-11-16(14-5-6-21-17(8-14)23-12(2)26)9-22-19(20)18(11)24-29(27,28)25-10-13-3-4-15(25)7-13;1-4-24-16-9-15(11-21-12(16)2)14-5-7-20-18(10-14)23-17-6-8-19-13(3)22-17;1-11-19-6-4-16(22-11)23-17-9-12(2-5-20-17)13-8-14(18)15-3-7-21-24(15)10-13;1-12(23)20-17-9-13(4-6-18-17)14-8-15(11-26(24,25)21(2)3)16-5-7-19-22(16)10-14/h3-6,8-11H,7H2,1-2H3;5-6,8-9,13,15,24H,3-4,7,10H2,1-2H3,(H,21,23,26);5-11H,4H2,1-3H3,(H,19,20,22,23);2-10H,18H2,1H3,(H,19,20,22,23);4-10H,11H2,1-3H3,(H,18,20,23). The first-order chi connectivity index (χ1) is 63.0. The van der Waals surface area contributed by atoms with Gasteiger partial charge in [-0.3, -0.25) is 34.1 Å². The Kier molecular flexibility index (Phi) is 30.1. The number of rotatable bonds is 24. The van der Waals surface area contributed by atoms with Gasteiger partial charge in [0.2, 0.25) is 21.8 Å². The fourth-order valence-electron chi connectivity index (χ4n) is 14.2. The number of hydrogen-bond acceptors (Lipinski definition) is 28. The summed E-state index contributed by atoms with van der Waals surface area (Å²) in [6.07, 6.45) is 26.7. The molecule has 35 nitrogen and oxygen atoms in total. The Labute approximate surface area is 764 Å². The van der Waals surface area contributed by atoms with E-state index in [1.807, 2.05) is 101 Å². The number of carbonyl (C=O) groups is 3. The second-order valence-corrected chi connectivity index (χ2v) is 36.3. The lowest BCUT2D eigenvalue weighted by Gasteiger charge is -2.27. The summed E-state index contributed by atoms with van der Waals surface area (Å²) in [6.45, 7) is 16.3. The number of benzene rings is 1. The summed E-state index contributed by atoms with van der Waals surface area (Å²) in [6, 6.07) is 34.8. The van der Waals surface area contributed by atoms with Crippen LogP contribution in [0.25, 0.3) is 66.7 Å². The summed E-state index contributed by atoms with van der Waals surface area (Å²) in [7, 11) is -8.67. The number of sulfonamides is 1. The Morgan fingerprint density at radius 3 is 1.60 bits per heavy atom. The molecule has 1 saturated carbocycles. The molecule has 14 aromatic heterocycles. The van der Waals surface area contributed by atoms with Gasteiger partial charge in [0, 0.05) is 167 Å². The van der Waals surface area contributed by atoms with Gasteiger partial charge in [0.25, 0.3) is 0 Å². The van der Waals surface area contributed by atoms with Gasteiger partial charge in [-0.05, 0) is 234 Å². The van der Waals surface area contributed by atoms with Crippen LogP contribution < -0.4 is 40.6 Å². The molecule has 2 aliphatic rings. The summed E-state index contributed by atoms with van der Waals surface area (Å²) in [5.74, 6) is 3.43. The number of fused-ring (bicyclic) bond motifs is 4. The maximum Gasteiger partial charge on any atom is 0.342 e. The molecular weight excluding hydrogens is 1770 g/mol. The minimum Gasteiger partial charge on any atom is -0.492 e. The van der Waals surface area contributed by atoms with Crippen molar-refractivity contribution in [2.24, 2.45) is 5.92 Å². The molecule has 15 heterocycles. The van der Waals surface area contributed by atoms with Gasteiger partial charge in [-0.1, -0.05) is 11.6 Å². The van der Waals surface area contributed by atoms with E-state index in [-0.39, 0.29) is 58.1 Å². The first-order valence-electron chi connectivity index (χ1n) is 41.0. The zero-order valence-electron chi connectivity index (χ0n) is 73.3. The summed E-state index contributed by atoms with van der Waals surface area (Å²) >= 11 is 6.25. The third kappa shape index (κ3) is 24.4. The van der Waals surface area contributed by atoms with Crippen LogP contribution in [0.2, 0.25) is 5.15 Å². The highest BCUT2D eigenvalue weighted by Gasteiger charge is 2.44. The first kappa shape index (κ1) is 94.9. The van der Waals surface area contributed by atoms with E-state index >= 15 is 0 Å². The fraction of sp³-hybridized carbons (Fsp3) is 0.220. The number of nitrogens with two attached hydrogens (primary N) is 1. The van der Waals surface area contributed by atoms with Crippen molar-refractivity contribution in [2.45, 2.75) is 105 Å². The van der Waals surface area contributed by atoms with E-state index in [4.69, 9.17) is 26.3 Å². The number of aryl methyl sites for hydroxylation is 4. The number of piperidine rings is 1. The van der Waals surface area contributed by atoms with Crippen molar-refractivity contribution in [1.82, 2.24) is 87.6 Å². The highest BCUT2D eigenvalue weighted by Crippen LogP contribution is 2.42. The molecule has 2 fully saturated rings. The molecule has 41 heteroatoms. The Morgan fingerprint density at radius 1 is 0.538 bits per heavy atom. The van der Waals surface area contributed by atoms with Gasteiger partial charge in [-0.15, -0.1) is 0 Å². The average molecular weight is 1870 g/mol. The monoisotopic (exact) mass is 1860 g/mol. The number of nitrogen functional groups attached to an aromatic ring is 1. The molecule has 2 atom stereocenters. The number of nitrogens with one attached hydrogen (secondary N) is 5. The van der Waals surface area contributed by atoms with Crippen LogP contribution in [0.4, 0.5) is 55.1 Å². The van der Waals surface area contributed by atoms with Crippen molar-refractivity contribution in [1.29, 1.82) is 0 Å². The lowest BCUT2D eigenvalue weighted by atomic mass is 10.0. The van der Waals surface area contributed by atoms with Crippen molar-refractivity contribution in [3.05, 3.63) is 271 Å². The summed E-state index contributed by atoms with van der Waals surface area (Å²) in [4.78, 5) is 83.6. The second-order valence-electron chi connectivity index (χ2n) is 30.7. The smallest absolute Gasteiger partial charge is 0.342 e. The quantitative estimate of drug-likeness (QED) is 0.0242. The van der Waals surface area contributed by atoms with E-state index in [1.54, 1.807) is 125 Å². The predicted octanol–water partition coefficient (Wildman–Crippen LogP) is 15.1. The van der Waals surface area contributed by atoms with Gasteiger partial charge < -0.3 is 35.9 Å². The average Bonchev–Trinajstić information content (AvgIpc) is 1.61. The van der Waals surface area contributed by atoms with Crippen LogP contribution in [0.1, 0.15) is 86.8 Å². The van der Waals surface area contributed by atoms with Crippen molar-refractivity contribution in [3.8, 4) is 67.1 Å². The molecule has 2 amide bonds. The van der Waals surface area contributed by atoms with Crippen LogP contribution in [0.15, 0.2) is 219 Å². The predicted molar refractivity (Wildman–Crippen MR) is 498 cm³/mol. The molecule has 132 heavy (non-hydrogen) atoms. The number of amides is 2. The summed E-state index contributed by atoms with van der Waals surface area (Å²) < 4.78 is 122. The third-order valence-corrected chi connectivity index (χ3v) is 25.4. The number of carbonyl (C=O) groups excluding carboxylic acids is 3. The highest BCUT2D eigenvalue weighted by molar-refractivity contribution is 7.90. The molecular formula is C91H91ClF2N24O11S3. The lowest BCUT2D eigenvalue weighted by Crippen LogP contribution is -2.41. The number of pyridine rings is 10. The number of halogens is 3. The summed E-state index contributed by atoms with van der Waals surface area (Å²) in [5, 5.41) is 20.2. The Bertz CT molecular complexity index is 7190. The topological polar surface area (TPSA) is 454 Å². The summed E-state index contributed by atoms with van der Waals surface area (Å²) in [5.41, 5.74) is 19.8. The van der Waals surface area contributed by atoms with Gasteiger partial charge in [0.05, 0.1) is 52.4 Å². The van der Waals surface area contributed by atoms with Crippen LogP contribution in [0.5, 0.6) is 11.5 Å². The molecule has 15 aromatic rings. The van der Waals surface area contributed by atoms with E-state index in [0.29, 0.717) is 111 Å². The Hall–Kier alpha value is -14.7. The van der Waals surface area contributed by atoms with Crippen molar-refractivity contribution >= 4 is 117 Å². The number of ketones is 1. The second kappa shape index (κ2) is 41.8. The number of ether oxygens (including phenoxy) is 1. The van der Waals surface area contributed by atoms with Gasteiger partial charge >= 0.3 is 20.3 Å². The van der Waals surface area contributed by atoms with E-state index in [0.717, 1.165) is 92.8 Å². The van der Waals surface area contributed by atoms with Crippen molar-refractivity contribution < 1.29 is 57.3 Å². The Balaban J connectivity index is 0.000000141. The normalized spacial score (nSPS) is 13.4. The first-order valence-corrected chi connectivity index (χ1v) is 45.8. The number of anilines is 8. The lowest BCUT2D eigenvalue weighted by molar-refractivity contribution is -0.116. The Morgan fingerprint density at radius 2 is 1.05 bits per heavy atom. The number of aromatic nitrogens is 16. The van der Waals surface area contributed by atoms with Crippen molar-refractivity contribution in [2.75, 3.05) is 59.0 Å². The number of nitrogens with zero attached hydrogens (tertiary/aromatic N) is 18. The minimum atomic E-state index is -4.54. The molecule has 0 radical (unpaired) electrons. The van der Waals surface area contributed by atoms with Crippen molar-refractivity contribution in [3.63, 3.8) is 0 Å². The molecule has 680 valence electrons. The molecule has 1 aliphatic heterocycles. The third-order valence-electron chi connectivity index (χ3n) is 20.6. The molecule has 1 aromatic carbocycles. The molecule has 7 N–H and O–H groups in total. The zero-order chi connectivity index (χ0) is 94.3. The van der Waals surface area contributed by atoms with Crippen LogP contribution in [0.3, 0.4) is 0 Å². The number of hydrogen-bond donors (Lipinski definition) is 6. The van der Waals surface area contributed by atoms with Gasteiger partial charge in [-0.25, -0.2) is 75.4 Å². The number of Topliss-reactive ketones (excluding diaryl/α,β-unsaturated/α-hetero) is 1. The van der Waals surface area contributed by atoms with E-state index in [2.05, 4.69) is 96.0 Å². The van der Waals surface area contributed by atoms with E-state index in [9.17, 15) is 48.4 Å². The van der Waals surface area contributed by atoms with Gasteiger partial charge in [0.1, 0.15) is 74.6 Å². The minimum absolute atomic E-state index is 0.0480. The molecule has 2 bridgehead atoms. The maximum atomic E-state index is 13.9. The van der Waals surface area contributed by atoms with Crippen LogP contribution >= 0.6 is 11.6 Å². The molecule has 17 rings (SSSR count). The highest BCUT2D eigenvalue weighted by atomic mass is 35.5. The fourth-order valence-corrected chi connectivity index (χ4v) is 18.0. The SMILES string of the molecule is CC(=O)Cc1cc(-c2cnc(C)c(OS(=O)(=O)c3ccc(F)cc3F)c2)ccn1.CC(=O)Nc1cc(-c2cc(CS(=O)(=O)N(C)C)c3ccnn3c2)ccn1.CC(=O)Nc1cc(-c2cnc(Cl)c(NS(=O)(=O)N3CC4CCC3C4)c2C)ccn1.CCOc1cc(-c2ccnc(Nc3ccnc(C)n3)c2)cnc1C.Cc1nccc(Nc2cc(-c3cc(N)c4ccnn4c3)ccn2)n1. The van der Waals surface area contributed by atoms with Crippen LogP contribution in [-0.4, -0.2) is 164 Å². The molecule has 2 unspecified atom stereocenters. The van der Waals surface area contributed by atoms with Gasteiger partial charge in [0.15, 0.2) is 10.9 Å². The van der Waals surface area contributed by atoms with Crippen LogP contribution in [-0.2, 0) is 56.9 Å². The maximum absolute atomic E-state index is 13.9. The molecule has 1 aliphatic carbocycles. The van der Waals surface area contributed by atoms with E-state index in [1.165, 1.54) is 64.6 Å². The van der Waals surface area contributed by atoms with Gasteiger partial charge in [-0.2, -0.15) is 31.3 Å². The molecule has 0 spiro atoms. The van der Waals surface area contributed by atoms with Crippen LogP contribution in [0, 0.1) is 52.2 Å². The largest absolute Gasteiger partial charge is 0.492 e. The zero-order valence-corrected chi connectivity index (χ0v) is 76.5. The molecule has 1 saturated heterocycles.